The van der Waals surface area contributed by atoms with Gasteiger partial charge in [0, 0.05) is 6.42 Å². The maximum absolute atomic E-state index is 6.81. The van der Waals surface area contributed by atoms with Gasteiger partial charge in [0.25, 0.3) is 0 Å². The van der Waals surface area contributed by atoms with Crippen LogP contribution in [0, 0.1) is 10.2 Å². The molecule has 0 spiro atoms. The molecule has 5 N–H and O–H groups in total. The maximum atomic E-state index is 6.81. The van der Waals surface area contributed by atoms with E-state index in [9.17, 15) is 0 Å². The third kappa shape index (κ3) is 1.95. The number of hydrogen-bond donors (Lipinski definition) is 4. The number of rotatable bonds is 3. The molecule has 11 heavy (non-hydrogen) atoms. The lowest BCUT2D eigenvalue weighted by Crippen LogP contribution is -2.12. The van der Waals surface area contributed by atoms with E-state index in [4.69, 9.17) is 23.4 Å². The molecular weight excluding hydrogens is 162 g/mol. The van der Waals surface area contributed by atoms with Crippen LogP contribution in [0.15, 0.2) is 0 Å². The summed E-state index contributed by atoms with van der Waals surface area (Å²) in [5, 5.41) is 12.2. The topological polar surface area (TPSA) is 94.3 Å². The lowest BCUT2D eigenvalue weighted by molar-refractivity contribution is 0.707. The van der Waals surface area contributed by atoms with E-state index < -0.39 is 0 Å². The van der Waals surface area contributed by atoms with Crippen LogP contribution in [-0.2, 0) is 0 Å². The van der Waals surface area contributed by atoms with Gasteiger partial charge in [0.05, 0.1) is 6.04 Å². The van der Waals surface area contributed by atoms with Crippen LogP contribution in [0.4, 0.5) is 0 Å². The van der Waals surface area contributed by atoms with Crippen molar-refractivity contribution in [1.29, 1.82) is 5.41 Å². The highest BCUT2D eigenvalue weighted by molar-refractivity contribution is 7.71. The molecule has 1 aromatic heterocycles. The summed E-state index contributed by atoms with van der Waals surface area (Å²) in [6.45, 7) is 0. The van der Waals surface area contributed by atoms with Crippen LogP contribution in [0.2, 0.25) is 0 Å². The Labute approximate surface area is 68.5 Å². The molecule has 0 aliphatic heterocycles. The van der Waals surface area contributed by atoms with E-state index in [0.29, 0.717) is 17.0 Å². The van der Waals surface area contributed by atoms with Gasteiger partial charge in [-0.25, -0.2) is 4.98 Å². The number of nitrogens with zero attached hydrogens (tertiary/aromatic N) is 1. The highest BCUT2D eigenvalue weighted by Crippen LogP contribution is 2.04. The molecule has 0 aliphatic rings. The first-order chi connectivity index (χ1) is 5.24. The lowest BCUT2D eigenvalue weighted by Gasteiger charge is -2.01. The fourth-order valence-electron chi connectivity index (χ4n) is 0.697. The van der Waals surface area contributed by atoms with E-state index >= 15 is 0 Å². The molecule has 1 aromatic rings. The summed E-state index contributed by atoms with van der Waals surface area (Å²) in [7, 11) is 0. The largest absolute Gasteiger partial charge is 0.321 e. The summed E-state index contributed by atoms with van der Waals surface area (Å²) >= 11 is 4.73. The molecule has 0 aliphatic carbocycles. The van der Waals surface area contributed by atoms with Crippen molar-refractivity contribution < 1.29 is 0 Å². The van der Waals surface area contributed by atoms with Gasteiger partial charge in [-0.05, 0) is 18.4 Å². The van der Waals surface area contributed by atoms with Crippen molar-refractivity contribution in [2.45, 2.75) is 12.5 Å². The number of nitrogens with two attached hydrogens (primary N) is 1. The molecule has 0 bridgehead atoms. The fraction of sp³-hybridized carbons (Fsp3) is 0.400. The summed E-state index contributed by atoms with van der Waals surface area (Å²) in [4.78, 5) is 3.90. The molecule has 5 nitrogen and oxygen atoms in total. The minimum absolute atomic E-state index is 0.263. The zero-order chi connectivity index (χ0) is 8.27. The van der Waals surface area contributed by atoms with Crippen molar-refractivity contribution >= 4 is 18.4 Å². The van der Waals surface area contributed by atoms with Crippen molar-refractivity contribution in [3.05, 3.63) is 10.6 Å². The van der Waals surface area contributed by atoms with Gasteiger partial charge in [0.2, 0.25) is 4.77 Å². The Morgan fingerprint density at radius 3 is 2.91 bits per heavy atom. The SMILES string of the molecule is N=CCC(N)c1nc(=S)[nH][nH]1. The van der Waals surface area contributed by atoms with Crippen LogP contribution in [0.3, 0.4) is 0 Å². The van der Waals surface area contributed by atoms with Gasteiger partial charge in [-0.15, -0.1) is 0 Å². The Morgan fingerprint density at radius 2 is 2.45 bits per heavy atom. The van der Waals surface area contributed by atoms with E-state index in [1.807, 2.05) is 0 Å². The molecule has 1 rings (SSSR count). The summed E-state index contributed by atoms with van der Waals surface area (Å²) in [6.07, 6.45) is 1.71. The molecule has 60 valence electrons. The molecule has 1 unspecified atom stereocenters. The fourth-order valence-corrected chi connectivity index (χ4v) is 0.846. The highest BCUT2D eigenvalue weighted by atomic mass is 32.1. The first-order valence-corrected chi connectivity index (χ1v) is 3.54. The Balaban J connectivity index is 2.75. The van der Waals surface area contributed by atoms with Crippen LogP contribution in [0.1, 0.15) is 18.3 Å². The van der Waals surface area contributed by atoms with Gasteiger partial charge in [0.15, 0.2) is 0 Å². The molecular formula is C5H9N5S. The van der Waals surface area contributed by atoms with Crippen LogP contribution < -0.4 is 5.73 Å². The summed E-state index contributed by atoms with van der Waals surface area (Å²) in [5.41, 5.74) is 5.61. The van der Waals surface area contributed by atoms with Crippen molar-refractivity contribution in [3.63, 3.8) is 0 Å². The summed E-state index contributed by atoms with van der Waals surface area (Å²) in [6, 6.07) is -0.263. The monoisotopic (exact) mass is 171 g/mol. The van der Waals surface area contributed by atoms with E-state index in [0.717, 1.165) is 0 Å². The van der Waals surface area contributed by atoms with Crippen molar-refractivity contribution in [3.8, 4) is 0 Å². The molecule has 0 saturated carbocycles. The third-order valence-corrected chi connectivity index (χ3v) is 1.44. The Hall–Kier alpha value is -1.01. The van der Waals surface area contributed by atoms with Gasteiger partial charge in [-0.3, -0.25) is 10.2 Å². The first-order valence-electron chi connectivity index (χ1n) is 3.13. The zero-order valence-electron chi connectivity index (χ0n) is 5.79. The first kappa shape index (κ1) is 8.09. The quantitative estimate of drug-likeness (QED) is 0.394. The molecule has 0 amide bonds. The number of nitrogens with one attached hydrogen (secondary N) is 3. The number of H-pyrrole nitrogens is 2. The van der Waals surface area contributed by atoms with Crippen molar-refractivity contribution in [1.82, 2.24) is 15.2 Å². The number of aromatic nitrogens is 3. The normalized spacial score (nSPS) is 12.8. The average Bonchev–Trinajstić information content (AvgIpc) is 2.36. The van der Waals surface area contributed by atoms with Gasteiger partial charge in [-0.1, -0.05) is 0 Å². The molecule has 1 heterocycles. The second kappa shape index (κ2) is 3.40. The van der Waals surface area contributed by atoms with Gasteiger partial charge < -0.3 is 11.1 Å². The molecule has 1 atom stereocenters. The maximum Gasteiger partial charge on any atom is 0.213 e. The average molecular weight is 171 g/mol. The van der Waals surface area contributed by atoms with E-state index in [1.165, 1.54) is 6.21 Å². The third-order valence-electron chi connectivity index (χ3n) is 1.24. The lowest BCUT2D eigenvalue weighted by atomic mass is 10.2. The van der Waals surface area contributed by atoms with E-state index in [-0.39, 0.29) is 6.04 Å². The predicted molar refractivity (Wildman–Crippen MR) is 44.1 cm³/mol. The highest BCUT2D eigenvalue weighted by Gasteiger charge is 2.06. The minimum Gasteiger partial charge on any atom is -0.321 e. The van der Waals surface area contributed by atoms with Crippen LogP contribution in [0.5, 0.6) is 0 Å². The molecule has 0 aromatic carbocycles. The number of aromatic amines is 2. The van der Waals surface area contributed by atoms with Gasteiger partial charge in [-0.2, -0.15) is 0 Å². The minimum atomic E-state index is -0.263. The van der Waals surface area contributed by atoms with Crippen LogP contribution in [0.25, 0.3) is 0 Å². The predicted octanol–water partition coefficient (Wildman–Crippen LogP) is 0.507. The van der Waals surface area contributed by atoms with E-state index in [2.05, 4.69) is 15.2 Å². The second-order valence-corrected chi connectivity index (χ2v) is 2.49. The van der Waals surface area contributed by atoms with Crippen LogP contribution >= 0.6 is 12.2 Å². The van der Waals surface area contributed by atoms with Crippen molar-refractivity contribution in [2.75, 3.05) is 0 Å². The zero-order valence-corrected chi connectivity index (χ0v) is 6.61. The molecule has 6 heteroatoms. The Morgan fingerprint density at radius 1 is 1.73 bits per heavy atom. The van der Waals surface area contributed by atoms with E-state index in [1.54, 1.807) is 0 Å². The Bertz CT molecular complexity index is 287. The molecule has 0 saturated heterocycles. The smallest absolute Gasteiger partial charge is 0.213 e. The standard InChI is InChI=1S/C5H9N5S/c6-2-1-3(7)4-8-5(11)10-9-4/h2-3,6H,1,7H2,(H2,8,9,10,11). The second-order valence-electron chi connectivity index (χ2n) is 2.10. The van der Waals surface area contributed by atoms with Gasteiger partial charge in [0.1, 0.15) is 5.82 Å². The molecule has 0 fully saturated rings. The number of hydrogen-bond acceptors (Lipinski definition) is 4. The Kier molecular flexibility index (Phi) is 2.50. The summed E-state index contributed by atoms with van der Waals surface area (Å²) < 4.78 is 0.389. The van der Waals surface area contributed by atoms with Crippen molar-refractivity contribution in [2.24, 2.45) is 5.73 Å². The van der Waals surface area contributed by atoms with Crippen LogP contribution in [-0.4, -0.2) is 21.4 Å². The van der Waals surface area contributed by atoms with Gasteiger partial charge >= 0.3 is 0 Å². The summed E-state index contributed by atoms with van der Waals surface area (Å²) in [5.74, 6) is 0.596. The molecule has 0 radical (unpaired) electrons.